The largest absolute Gasteiger partial charge is 0.334 e. The minimum atomic E-state index is 0.00442. The second-order valence-corrected chi connectivity index (χ2v) is 6.32. The highest BCUT2D eigenvalue weighted by atomic mass is 32.1. The van der Waals surface area contributed by atoms with E-state index in [1.807, 2.05) is 61.4 Å². The highest BCUT2D eigenvalue weighted by molar-refractivity contribution is 7.09. The lowest BCUT2D eigenvalue weighted by molar-refractivity contribution is 0.0744. The van der Waals surface area contributed by atoms with Crippen molar-refractivity contribution in [3.63, 3.8) is 0 Å². The molecule has 0 saturated carbocycles. The minimum absolute atomic E-state index is 0.00442. The average molecular weight is 326 g/mol. The van der Waals surface area contributed by atoms with Gasteiger partial charge in [-0.25, -0.2) is 0 Å². The second kappa shape index (κ2) is 6.75. The molecule has 0 aliphatic carbocycles. The summed E-state index contributed by atoms with van der Waals surface area (Å²) in [7, 11) is 1.83. The summed E-state index contributed by atoms with van der Waals surface area (Å²) in [5.74, 6) is 0.00761. The van der Waals surface area contributed by atoms with Crippen molar-refractivity contribution < 1.29 is 4.79 Å². The zero-order valence-electron chi connectivity index (χ0n) is 13.1. The van der Waals surface area contributed by atoms with Gasteiger partial charge in [0.05, 0.1) is 18.1 Å². The maximum absolute atomic E-state index is 12.7. The van der Waals surface area contributed by atoms with Gasteiger partial charge in [0.1, 0.15) is 0 Å². The molecule has 0 bridgehead atoms. The Bertz CT molecular complexity index is 768. The normalized spacial score (nSPS) is 12.1. The van der Waals surface area contributed by atoms with Gasteiger partial charge in [-0.3, -0.25) is 14.5 Å². The number of thiazole rings is 1. The fraction of sp³-hybridized carbons (Fsp3) is 0.235. The highest BCUT2D eigenvalue weighted by Crippen LogP contribution is 2.23. The third-order valence-corrected chi connectivity index (χ3v) is 4.79. The lowest BCUT2D eigenvalue weighted by Gasteiger charge is -2.24. The molecule has 0 aliphatic heterocycles. The topological polar surface area (TPSA) is 51.0 Å². The molecule has 1 aromatic carbocycles. The van der Waals surface area contributed by atoms with Gasteiger partial charge in [-0.05, 0) is 30.7 Å². The molecule has 1 unspecified atom stereocenters. The van der Waals surface area contributed by atoms with Gasteiger partial charge >= 0.3 is 0 Å². The minimum Gasteiger partial charge on any atom is -0.334 e. The van der Waals surface area contributed by atoms with Crippen LogP contribution in [0.15, 0.2) is 54.4 Å². The van der Waals surface area contributed by atoms with E-state index in [4.69, 9.17) is 0 Å². The van der Waals surface area contributed by atoms with E-state index < -0.39 is 0 Å². The van der Waals surface area contributed by atoms with Gasteiger partial charge < -0.3 is 4.90 Å². The molecule has 3 aromatic rings. The summed E-state index contributed by atoms with van der Waals surface area (Å²) in [5, 5.41) is 4.20. The van der Waals surface area contributed by atoms with Crippen molar-refractivity contribution in [3.05, 3.63) is 70.4 Å². The van der Waals surface area contributed by atoms with Crippen molar-refractivity contribution in [3.8, 4) is 0 Å². The van der Waals surface area contributed by atoms with Crippen LogP contribution < -0.4 is 0 Å². The molecule has 3 rings (SSSR count). The van der Waals surface area contributed by atoms with Crippen LogP contribution in [-0.4, -0.2) is 32.6 Å². The first-order valence-electron chi connectivity index (χ1n) is 7.37. The van der Waals surface area contributed by atoms with Crippen LogP contribution in [0.5, 0.6) is 0 Å². The standard InChI is InChI=1S/C17H18N4OS/c1-13(16-10-18-12-23-16)20(2)17(22)15-6-3-5-14(9-15)11-21-8-4-7-19-21/h3-10,12-13H,11H2,1-2H3. The number of aromatic nitrogens is 3. The fourth-order valence-corrected chi connectivity index (χ4v) is 3.11. The van der Waals surface area contributed by atoms with Crippen molar-refractivity contribution in [2.45, 2.75) is 19.5 Å². The summed E-state index contributed by atoms with van der Waals surface area (Å²) >= 11 is 1.56. The quantitative estimate of drug-likeness (QED) is 0.723. The van der Waals surface area contributed by atoms with Crippen molar-refractivity contribution in [1.82, 2.24) is 19.7 Å². The van der Waals surface area contributed by atoms with Gasteiger partial charge in [0.15, 0.2) is 0 Å². The third kappa shape index (κ3) is 3.48. The van der Waals surface area contributed by atoms with E-state index in [0.717, 1.165) is 10.4 Å². The summed E-state index contributed by atoms with van der Waals surface area (Å²) in [5.41, 5.74) is 3.53. The molecule has 23 heavy (non-hydrogen) atoms. The summed E-state index contributed by atoms with van der Waals surface area (Å²) in [6, 6.07) is 9.59. The van der Waals surface area contributed by atoms with Crippen LogP contribution in [0.4, 0.5) is 0 Å². The Hall–Kier alpha value is -2.47. The third-order valence-electron chi connectivity index (χ3n) is 3.84. The van der Waals surface area contributed by atoms with E-state index in [1.165, 1.54) is 0 Å². The predicted molar refractivity (Wildman–Crippen MR) is 90.4 cm³/mol. The molecule has 0 aliphatic rings. The van der Waals surface area contributed by atoms with Crippen LogP contribution in [0.25, 0.3) is 0 Å². The highest BCUT2D eigenvalue weighted by Gasteiger charge is 2.20. The summed E-state index contributed by atoms with van der Waals surface area (Å²) < 4.78 is 1.84. The SMILES string of the molecule is CC(c1cncs1)N(C)C(=O)c1cccc(Cn2cccn2)c1. The molecule has 0 spiro atoms. The molecule has 1 amide bonds. The monoisotopic (exact) mass is 326 g/mol. The van der Waals surface area contributed by atoms with E-state index in [1.54, 1.807) is 27.9 Å². The summed E-state index contributed by atoms with van der Waals surface area (Å²) in [6.45, 7) is 2.67. The summed E-state index contributed by atoms with van der Waals surface area (Å²) in [6.07, 6.45) is 5.47. The Labute approximate surface area is 139 Å². The molecule has 1 atom stereocenters. The Balaban J connectivity index is 1.76. The van der Waals surface area contributed by atoms with Gasteiger partial charge in [0.2, 0.25) is 0 Å². The van der Waals surface area contributed by atoms with Crippen molar-refractivity contribution in [2.75, 3.05) is 7.05 Å². The molecule has 0 radical (unpaired) electrons. The van der Waals surface area contributed by atoms with Crippen molar-refractivity contribution >= 4 is 17.2 Å². The van der Waals surface area contributed by atoms with Crippen LogP contribution in [-0.2, 0) is 6.54 Å². The lowest BCUT2D eigenvalue weighted by atomic mass is 10.1. The van der Waals surface area contributed by atoms with E-state index in [2.05, 4.69) is 10.1 Å². The fourth-order valence-electron chi connectivity index (χ4n) is 2.39. The first-order chi connectivity index (χ1) is 11.1. The van der Waals surface area contributed by atoms with Crippen LogP contribution in [0, 0.1) is 0 Å². The molecule has 118 valence electrons. The predicted octanol–water partition coefficient (Wildman–Crippen LogP) is 3.22. The second-order valence-electron chi connectivity index (χ2n) is 5.40. The maximum Gasteiger partial charge on any atom is 0.254 e. The van der Waals surface area contributed by atoms with E-state index in [-0.39, 0.29) is 11.9 Å². The number of carbonyl (C=O) groups is 1. The van der Waals surface area contributed by atoms with Gasteiger partial charge in [-0.15, -0.1) is 11.3 Å². The summed E-state index contributed by atoms with van der Waals surface area (Å²) in [4.78, 5) is 19.6. The number of benzene rings is 1. The molecular weight excluding hydrogens is 308 g/mol. The van der Waals surface area contributed by atoms with Crippen LogP contribution in [0.2, 0.25) is 0 Å². The van der Waals surface area contributed by atoms with E-state index in [0.29, 0.717) is 12.1 Å². The van der Waals surface area contributed by atoms with E-state index >= 15 is 0 Å². The van der Waals surface area contributed by atoms with Crippen molar-refractivity contribution in [2.24, 2.45) is 0 Å². The molecular formula is C17H18N4OS. The molecule has 5 nitrogen and oxygen atoms in total. The Kier molecular flexibility index (Phi) is 4.52. The molecule has 0 fully saturated rings. The van der Waals surface area contributed by atoms with Gasteiger partial charge in [-0.1, -0.05) is 12.1 Å². The van der Waals surface area contributed by atoms with Gasteiger partial charge in [-0.2, -0.15) is 5.10 Å². The molecule has 0 saturated heterocycles. The van der Waals surface area contributed by atoms with Gasteiger partial charge in [0, 0.05) is 36.1 Å². The van der Waals surface area contributed by atoms with Crippen LogP contribution >= 0.6 is 11.3 Å². The number of hydrogen-bond donors (Lipinski definition) is 0. The number of rotatable bonds is 5. The Morgan fingerprint density at radius 3 is 2.96 bits per heavy atom. The number of carbonyl (C=O) groups excluding carboxylic acids is 1. The van der Waals surface area contributed by atoms with Crippen LogP contribution in [0.3, 0.4) is 0 Å². The average Bonchev–Trinajstić information content (AvgIpc) is 3.26. The van der Waals surface area contributed by atoms with Crippen molar-refractivity contribution in [1.29, 1.82) is 0 Å². The molecule has 2 heterocycles. The zero-order valence-corrected chi connectivity index (χ0v) is 13.9. The van der Waals surface area contributed by atoms with Crippen LogP contribution in [0.1, 0.15) is 33.8 Å². The maximum atomic E-state index is 12.7. The van der Waals surface area contributed by atoms with Gasteiger partial charge in [0.25, 0.3) is 5.91 Å². The molecule has 6 heteroatoms. The Morgan fingerprint density at radius 2 is 2.26 bits per heavy atom. The molecule has 0 N–H and O–H groups in total. The number of amides is 1. The smallest absolute Gasteiger partial charge is 0.254 e. The number of nitrogens with zero attached hydrogens (tertiary/aromatic N) is 4. The first kappa shape index (κ1) is 15.4. The molecule has 2 aromatic heterocycles. The first-order valence-corrected chi connectivity index (χ1v) is 8.25. The Morgan fingerprint density at radius 1 is 1.39 bits per heavy atom. The lowest BCUT2D eigenvalue weighted by Crippen LogP contribution is -2.29. The zero-order chi connectivity index (χ0) is 16.2. The van der Waals surface area contributed by atoms with E-state index in [9.17, 15) is 4.79 Å². The number of hydrogen-bond acceptors (Lipinski definition) is 4.